The van der Waals surface area contributed by atoms with Crippen molar-refractivity contribution >= 4 is 0 Å². The van der Waals surface area contributed by atoms with Crippen molar-refractivity contribution in [2.75, 3.05) is 20.1 Å². The second-order valence-corrected chi connectivity index (χ2v) is 3.04. The van der Waals surface area contributed by atoms with Crippen LogP contribution in [-0.4, -0.2) is 30.7 Å². The molecule has 8 heavy (non-hydrogen) atoms. The van der Waals surface area contributed by atoms with E-state index >= 15 is 0 Å². The van der Waals surface area contributed by atoms with Crippen molar-refractivity contribution < 1.29 is 4.48 Å². The molecule has 0 aromatic heterocycles. The molecule has 1 aliphatic heterocycles. The average molecular weight is 114 g/mol. The molecule has 0 aromatic rings. The highest BCUT2D eigenvalue weighted by Gasteiger charge is 2.47. The van der Waals surface area contributed by atoms with Gasteiger partial charge in [-0.15, -0.1) is 0 Å². The van der Waals surface area contributed by atoms with E-state index in [2.05, 4.69) is 20.9 Å². The Kier molecular flexibility index (Phi) is 1.31. The normalized spacial score (nSPS) is 44.6. The van der Waals surface area contributed by atoms with Crippen LogP contribution in [0.1, 0.15) is 20.3 Å². The van der Waals surface area contributed by atoms with Crippen LogP contribution in [0.3, 0.4) is 0 Å². The molecule has 0 amide bonds. The van der Waals surface area contributed by atoms with Gasteiger partial charge in [-0.05, 0) is 6.92 Å². The SMILES string of the molecule is CCC1C[N+]1(C)CC. The highest BCUT2D eigenvalue weighted by atomic mass is 15.5. The minimum Gasteiger partial charge on any atom is -0.314 e. The molecule has 2 unspecified atom stereocenters. The number of hydrogen-bond acceptors (Lipinski definition) is 0. The third-order valence-corrected chi connectivity index (χ3v) is 2.57. The van der Waals surface area contributed by atoms with Gasteiger partial charge in [0.05, 0.1) is 13.6 Å². The van der Waals surface area contributed by atoms with Crippen molar-refractivity contribution in [3.63, 3.8) is 0 Å². The molecule has 1 rings (SSSR count). The van der Waals surface area contributed by atoms with E-state index in [0.717, 1.165) is 6.04 Å². The van der Waals surface area contributed by atoms with Crippen LogP contribution in [0.2, 0.25) is 0 Å². The van der Waals surface area contributed by atoms with Gasteiger partial charge in [0.2, 0.25) is 0 Å². The lowest BCUT2D eigenvalue weighted by atomic mass is 10.4. The molecule has 1 aliphatic rings. The lowest BCUT2D eigenvalue weighted by Gasteiger charge is -2.09. The Morgan fingerprint density at radius 1 is 1.50 bits per heavy atom. The maximum Gasteiger partial charge on any atom is 0.138 e. The maximum atomic E-state index is 2.34. The smallest absolute Gasteiger partial charge is 0.138 e. The maximum absolute atomic E-state index is 2.34. The van der Waals surface area contributed by atoms with E-state index in [1.807, 2.05) is 0 Å². The van der Waals surface area contributed by atoms with E-state index in [1.54, 1.807) is 0 Å². The lowest BCUT2D eigenvalue weighted by Crippen LogP contribution is -2.22. The van der Waals surface area contributed by atoms with Crippen molar-refractivity contribution in [3.8, 4) is 0 Å². The third-order valence-electron chi connectivity index (χ3n) is 2.57. The molecule has 1 heterocycles. The molecular formula is C7H16N+. The van der Waals surface area contributed by atoms with E-state index < -0.39 is 0 Å². The van der Waals surface area contributed by atoms with E-state index in [1.165, 1.54) is 24.0 Å². The number of quaternary nitrogens is 1. The summed E-state index contributed by atoms with van der Waals surface area (Å²) in [7, 11) is 2.34. The molecule has 1 saturated heterocycles. The Bertz CT molecular complexity index is 90.4. The van der Waals surface area contributed by atoms with E-state index in [0.29, 0.717) is 0 Å². The standard InChI is InChI=1S/C7H16N/c1-4-7-6-8(7,3)5-2/h7H,4-6H2,1-3H3/q+1. The van der Waals surface area contributed by atoms with E-state index in [9.17, 15) is 0 Å². The predicted molar refractivity (Wildman–Crippen MR) is 35.7 cm³/mol. The molecular weight excluding hydrogens is 98.1 g/mol. The van der Waals surface area contributed by atoms with Crippen LogP contribution in [0, 0.1) is 0 Å². The summed E-state index contributed by atoms with van der Waals surface area (Å²) in [6.07, 6.45) is 1.37. The zero-order valence-corrected chi connectivity index (χ0v) is 6.15. The van der Waals surface area contributed by atoms with Crippen LogP contribution in [0.4, 0.5) is 0 Å². The zero-order chi connectivity index (χ0) is 6.20. The number of nitrogens with zero attached hydrogens (tertiary/aromatic N) is 1. The molecule has 0 spiro atoms. The lowest BCUT2D eigenvalue weighted by molar-refractivity contribution is -0.790. The van der Waals surface area contributed by atoms with E-state index in [4.69, 9.17) is 0 Å². The van der Waals surface area contributed by atoms with Crippen molar-refractivity contribution in [3.05, 3.63) is 0 Å². The predicted octanol–water partition coefficient (Wildman–Crippen LogP) is 1.25. The molecule has 48 valence electrons. The van der Waals surface area contributed by atoms with Gasteiger partial charge >= 0.3 is 0 Å². The molecule has 1 nitrogen and oxygen atoms in total. The van der Waals surface area contributed by atoms with Gasteiger partial charge in [-0.1, -0.05) is 6.92 Å². The summed E-state index contributed by atoms with van der Waals surface area (Å²) in [6.45, 7) is 7.30. The highest BCUT2D eigenvalue weighted by Crippen LogP contribution is 2.29. The highest BCUT2D eigenvalue weighted by molar-refractivity contribution is 4.69. The minimum absolute atomic E-state index is 1.000. The zero-order valence-electron chi connectivity index (χ0n) is 6.15. The Morgan fingerprint density at radius 2 is 2.12 bits per heavy atom. The van der Waals surface area contributed by atoms with Gasteiger partial charge in [0.15, 0.2) is 0 Å². The van der Waals surface area contributed by atoms with Crippen molar-refractivity contribution in [1.29, 1.82) is 0 Å². The molecule has 0 bridgehead atoms. The van der Waals surface area contributed by atoms with Gasteiger partial charge in [0.1, 0.15) is 12.6 Å². The Morgan fingerprint density at radius 3 is 2.25 bits per heavy atom. The van der Waals surface area contributed by atoms with E-state index in [-0.39, 0.29) is 0 Å². The molecule has 2 atom stereocenters. The van der Waals surface area contributed by atoms with Crippen molar-refractivity contribution in [2.24, 2.45) is 0 Å². The Hall–Kier alpha value is -0.0400. The molecule has 0 saturated carbocycles. The van der Waals surface area contributed by atoms with Crippen LogP contribution in [0.15, 0.2) is 0 Å². The van der Waals surface area contributed by atoms with Gasteiger partial charge in [-0.3, -0.25) is 0 Å². The fraction of sp³-hybridized carbons (Fsp3) is 1.00. The van der Waals surface area contributed by atoms with Gasteiger partial charge in [0.25, 0.3) is 0 Å². The topological polar surface area (TPSA) is 0 Å². The van der Waals surface area contributed by atoms with Crippen LogP contribution in [0.5, 0.6) is 0 Å². The summed E-state index contributed by atoms with van der Waals surface area (Å²) in [5, 5.41) is 0. The molecule has 1 fully saturated rings. The largest absolute Gasteiger partial charge is 0.314 e. The Balaban J connectivity index is 2.31. The first-order valence-electron chi connectivity index (χ1n) is 3.57. The first-order valence-corrected chi connectivity index (χ1v) is 3.57. The second-order valence-electron chi connectivity index (χ2n) is 3.04. The number of likely N-dealkylation sites (N-methyl/N-ethyl adjacent to an activating group) is 1. The summed E-state index contributed by atoms with van der Waals surface area (Å²) in [5.41, 5.74) is 0. The van der Waals surface area contributed by atoms with Crippen LogP contribution >= 0.6 is 0 Å². The fourth-order valence-electron chi connectivity index (χ4n) is 1.39. The second kappa shape index (κ2) is 1.73. The summed E-state index contributed by atoms with van der Waals surface area (Å²) in [5.74, 6) is 0. The quantitative estimate of drug-likeness (QED) is 0.374. The van der Waals surface area contributed by atoms with Gasteiger partial charge in [-0.2, -0.15) is 0 Å². The number of rotatable bonds is 2. The summed E-state index contributed by atoms with van der Waals surface area (Å²) in [6, 6.07) is 1.000. The first-order chi connectivity index (χ1) is 3.73. The van der Waals surface area contributed by atoms with Crippen LogP contribution < -0.4 is 0 Å². The third kappa shape index (κ3) is 0.752. The molecule has 0 N–H and O–H groups in total. The summed E-state index contributed by atoms with van der Waals surface area (Å²) < 4.78 is 1.33. The summed E-state index contributed by atoms with van der Waals surface area (Å²) >= 11 is 0. The van der Waals surface area contributed by atoms with Crippen LogP contribution in [-0.2, 0) is 0 Å². The van der Waals surface area contributed by atoms with Crippen LogP contribution in [0.25, 0.3) is 0 Å². The number of hydrogen-bond donors (Lipinski definition) is 0. The Labute approximate surface area is 51.9 Å². The molecule has 0 aliphatic carbocycles. The summed E-state index contributed by atoms with van der Waals surface area (Å²) in [4.78, 5) is 0. The minimum atomic E-state index is 1.000. The van der Waals surface area contributed by atoms with Gasteiger partial charge in [0, 0.05) is 6.42 Å². The average Bonchev–Trinajstić information content (AvgIpc) is 2.44. The molecule has 0 aromatic carbocycles. The van der Waals surface area contributed by atoms with Gasteiger partial charge < -0.3 is 4.48 Å². The van der Waals surface area contributed by atoms with Crippen molar-refractivity contribution in [2.45, 2.75) is 26.3 Å². The molecule has 1 heteroatoms. The molecule has 0 radical (unpaired) electrons. The van der Waals surface area contributed by atoms with Crippen molar-refractivity contribution in [1.82, 2.24) is 0 Å². The fourth-order valence-corrected chi connectivity index (χ4v) is 1.39. The first kappa shape index (κ1) is 6.09. The van der Waals surface area contributed by atoms with Gasteiger partial charge in [-0.25, -0.2) is 0 Å². The monoisotopic (exact) mass is 114 g/mol.